The number of Topliss-reactive ketones (excluding diaryl/α,β-unsaturated/α-hetero) is 1. The molecular formula is C22H21ClF3N3O6. The Morgan fingerprint density at radius 2 is 1.94 bits per heavy atom. The van der Waals surface area contributed by atoms with Crippen LogP contribution < -0.4 is 10.1 Å². The van der Waals surface area contributed by atoms with Crippen LogP contribution in [0.3, 0.4) is 0 Å². The first kappa shape index (κ1) is 24.0. The van der Waals surface area contributed by atoms with Crippen LogP contribution in [0.4, 0.5) is 13.2 Å². The maximum atomic E-state index is 12.7. The third-order valence-corrected chi connectivity index (χ3v) is 6.51. The monoisotopic (exact) mass is 515 g/mol. The highest BCUT2D eigenvalue weighted by Crippen LogP contribution is 2.41. The van der Waals surface area contributed by atoms with E-state index in [9.17, 15) is 22.8 Å². The molecule has 35 heavy (non-hydrogen) atoms. The first-order valence-electron chi connectivity index (χ1n) is 11.1. The van der Waals surface area contributed by atoms with Crippen LogP contribution in [-0.2, 0) is 14.3 Å². The number of hydrogen-bond acceptors (Lipinski definition) is 8. The van der Waals surface area contributed by atoms with Gasteiger partial charge in [0.1, 0.15) is 11.9 Å². The summed E-state index contributed by atoms with van der Waals surface area (Å²) < 4.78 is 57.9. The van der Waals surface area contributed by atoms with Crippen LogP contribution in [0.5, 0.6) is 5.75 Å². The highest BCUT2D eigenvalue weighted by atomic mass is 35.5. The molecule has 3 heterocycles. The number of fused-ring (bicyclic) bond motifs is 1. The molecule has 3 atom stereocenters. The van der Waals surface area contributed by atoms with E-state index in [0.29, 0.717) is 29.2 Å². The molecular weight excluding hydrogens is 495 g/mol. The van der Waals surface area contributed by atoms with Gasteiger partial charge in [-0.15, -0.1) is 23.4 Å². The highest BCUT2D eigenvalue weighted by Gasteiger charge is 2.43. The van der Waals surface area contributed by atoms with Gasteiger partial charge in [0.25, 0.3) is 5.91 Å². The molecule has 1 saturated carbocycles. The normalized spacial score (nSPS) is 28.6. The van der Waals surface area contributed by atoms with Crippen molar-refractivity contribution in [2.75, 3.05) is 6.61 Å². The van der Waals surface area contributed by atoms with Crippen LogP contribution in [0, 0.1) is 0 Å². The second kappa shape index (κ2) is 9.40. The van der Waals surface area contributed by atoms with Crippen LogP contribution in [-0.4, -0.2) is 53.1 Å². The summed E-state index contributed by atoms with van der Waals surface area (Å²) in [6, 6.07) is 4.38. The average Bonchev–Trinajstić information content (AvgIpc) is 3.26. The summed E-state index contributed by atoms with van der Waals surface area (Å²) in [6.07, 6.45) is -5.70. The van der Waals surface area contributed by atoms with E-state index in [1.807, 2.05) is 0 Å². The molecule has 2 aliphatic heterocycles. The minimum Gasteiger partial charge on any atom is -0.479 e. The number of aromatic nitrogens is 2. The van der Waals surface area contributed by atoms with Crippen molar-refractivity contribution in [1.82, 2.24) is 15.5 Å². The van der Waals surface area contributed by atoms with E-state index < -0.39 is 30.6 Å². The van der Waals surface area contributed by atoms with Crippen molar-refractivity contribution >= 4 is 23.3 Å². The Labute approximate surface area is 202 Å². The fourth-order valence-electron chi connectivity index (χ4n) is 4.39. The topological polar surface area (TPSA) is 113 Å². The number of carbonyl (C=O) groups excluding carboxylic acids is 2. The lowest BCUT2D eigenvalue weighted by Crippen LogP contribution is -2.48. The zero-order chi connectivity index (χ0) is 24.7. The van der Waals surface area contributed by atoms with Crippen molar-refractivity contribution in [1.29, 1.82) is 0 Å². The summed E-state index contributed by atoms with van der Waals surface area (Å²) in [5, 5.41) is 11.2. The van der Waals surface area contributed by atoms with Crippen LogP contribution in [0.1, 0.15) is 66.3 Å². The number of rotatable bonds is 5. The maximum absolute atomic E-state index is 12.7. The second-order valence-electron chi connectivity index (χ2n) is 8.81. The molecule has 1 N–H and O–H groups in total. The second-order valence-corrected chi connectivity index (χ2v) is 9.25. The van der Waals surface area contributed by atoms with Gasteiger partial charge >= 0.3 is 6.36 Å². The van der Waals surface area contributed by atoms with E-state index >= 15 is 0 Å². The number of ether oxygens (including phenoxy) is 3. The Hall–Kier alpha value is -2.70. The van der Waals surface area contributed by atoms with Gasteiger partial charge in [0.15, 0.2) is 11.9 Å². The molecule has 3 aliphatic rings. The number of hydrogen-bond donors (Lipinski definition) is 1. The van der Waals surface area contributed by atoms with E-state index in [4.69, 9.17) is 25.5 Å². The van der Waals surface area contributed by atoms with Crippen molar-refractivity contribution < 1.29 is 41.4 Å². The van der Waals surface area contributed by atoms with E-state index in [1.54, 1.807) is 12.1 Å². The molecule has 13 heteroatoms. The number of carbonyl (C=O) groups is 2. The van der Waals surface area contributed by atoms with E-state index in [-0.39, 0.29) is 55.4 Å². The maximum Gasteiger partial charge on any atom is 0.522 e. The zero-order valence-corrected chi connectivity index (χ0v) is 19.0. The quantitative estimate of drug-likeness (QED) is 0.638. The van der Waals surface area contributed by atoms with Gasteiger partial charge in [-0.2, -0.15) is 0 Å². The largest absolute Gasteiger partial charge is 0.522 e. The molecule has 0 unspecified atom stereocenters. The summed E-state index contributed by atoms with van der Waals surface area (Å²) in [5.74, 6) is -0.0713. The van der Waals surface area contributed by atoms with Crippen molar-refractivity contribution in [2.45, 2.75) is 68.7 Å². The van der Waals surface area contributed by atoms with Crippen molar-refractivity contribution in [2.24, 2.45) is 0 Å². The molecule has 0 spiro atoms. The fourth-order valence-corrected chi connectivity index (χ4v) is 4.56. The van der Waals surface area contributed by atoms with Gasteiger partial charge in [-0.05, 0) is 43.9 Å². The summed E-state index contributed by atoms with van der Waals surface area (Å²) in [4.78, 5) is 25.1. The summed E-state index contributed by atoms with van der Waals surface area (Å²) in [5.41, 5.74) is 0.356. The lowest BCUT2D eigenvalue weighted by atomic mass is 9.82. The molecule has 1 aromatic carbocycles. The molecule has 1 amide bonds. The molecule has 5 rings (SSSR count). The van der Waals surface area contributed by atoms with Gasteiger partial charge in [-0.3, -0.25) is 14.3 Å². The van der Waals surface area contributed by atoms with Gasteiger partial charge in [0.2, 0.25) is 11.8 Å². The van der Waals surface area contributed by atoms with Crippen LogP contribution in [0.2, 0.25) is 5.02 Å². The third-order valence-electron chi connectivity index (χ3n) is 6.27. The number of nitrogens with one attached hydrogen (secondary N) is 1. The first-order chi connectivity index (χ1) is 16.6. The third kappa shape index (κ3) is 5.44. The van der Waals surface area contributed by atoms with E-state index in [0.717, 1.165) is 0 Å². The Morgan fingerprint density at radius 1 is 1.17 bits per heavy atom. The Morgan fingerprint density at radius 3 is 2.66 bits per heavy atom. The fraction of sp³-hybridized carbons (Fsp3) is 0.545. The molecule has 2 aromatic rings. The van der Waals surface area contributed by atoms with Crippen LogP contribution in [0.15, 0.2) is 22.6 Å². The summed E-state index contributed by atoms with van der Waals surface area (Å²) in [7, 11) is 0. The lowest BCUT2D eigenvalue weighted by Gasteiger charge is -2.33. The SMILES string of the molecule is O=C1C[C@H](C(=O)N[C@@H]2CC[C@@H](c3nnc(C4CC(OC(F)(F)F)C4)o3)OC2)Oc2ccc(Cl)cc21. The van der Waals surface area contributed by atoms with Gasteiger partial charge in [0.05, 0.1) is 30.7 Å². The Bertz CT molecular complexity index is 1110. The van der Waals surface area contributed by atoms with Gasteiger partial charge in [-0.1, -0.05) is 11.6 Å². The molecule has 1 saturated heterocycles. The molecule has 1 aromatic heterocycles. The highest BCUT2D eigenvalue weighted by molar-refractivity contribution is 6.31. The lowest BCUT2D eigenvalue weighted by molar-refractivity contribution is -0.352. The van der Waals surface area contributed by atoms with E-state index in [2.05, 4.69) is 20.3 Å². The molecule has 0 bridgehead atoms. The number of benzene rings is 1. The minimum atomic E-state index is -4.66. The average molecular weight is 516 g/mol. The van der Waals surface area contributed by atoms with Gasteiger partial charge in [-0.25, -0.2) is 0 Å². The zero-order valence-electron chi connectivity index (χ0n) is 18.2. The Balaban J connectivity index is 1.09. The standard InChI is InChI=1S/C22H21ClF3N3O6/c23-11-1-3-16-14(7-11)15(30)8-18(33-16)19(31)27-12-2-4-17(32-9-12)21-29-28-20(34-21)10-5-13(6-10)35-22(24,25)26/h1,3,7,10,12-13,17-18H,2,4-6,8-9H2,(H,27,31)/t10?,12-,13?,17+,18-/m1/s1. The number of alkyl halides is 3. The molecule has 9 nitrogen and oxygen atoms in total. The molecule has 188 valence electrons. The summed E-state index contributed by atoms with van der Waals surface area (Å²) in [6.45, 7) is 0.186. The first-order valence-corrected chi connectivity index (χ1v) is 11.5. The van der Waals surface area contributed by atoms with Crippen LogP contribution >= 0.6 is 11.6 Å². The number of nitrogens with zero attached hydrogens (tertiary/aromatic N) is 2. The van der Waals surface area contributed by atoms with Crippen molar-refractivity contribution in [3.8, 4) is 5.75 Å². The number of amides is 1. The van der Waals surface area contributed by atoms with Crippen LogP contribution in [0.25, 0.3) is 0 Å². The predicted molar refractivity (Wildman–Crippen MR) is 112 cm³/mol. The van der Waals surface area contributed by atoms with E-state index in [1.165, 1.54) is 6.07 Å². The number of ketones is 1. The molecule has 1 aliphatic carbocycles. The molecule has 0 radical (unpaired) electrons. The Kier molecular flexibility index (Phi) is 6.45. The predicted octanol–water partition coefficient (Wildman–Crippen LogP) is 3.88. The molecule has 2 fully saturated rings. The minimum absolute atomic E-state index is 0.0871. The van der Waals surface area contributed by atoms with Crippen molar-refractivity contribution in [3.05, 3.63) is 40.6 Å². The van der Waals surface area contributed by atoms with Gasteiger partial charge in [0, 0.05) is 10.9 Å². The van der Waals surface area contributed by atoms with Gasteiger partial charge < -0.3 is 19.2 Å². The smallest absolute Gasteiger partial charge is 0.479 e. The van der Waals surface area contributed by atoms with Crippen molar-refractivity contribution in [3.63, 3.8) is 0 Å². The number of halogens is 4. The summed E-state index contributed by atoms with van der Waals surface area (Å²) >= 11 is 5.92.